The maximum atomic E-state index is 8.74. The van der Waals surface area contributed by atoms with Crippen molar-refractivity contribution in [2.75, 3.05) is 20.2 Å². The van der Waals surface area contributed by atoms with E-state index in [2.05, 4.69) is 11.9 Å². The Hall–Kier alpha value is -0.120. The number of aliphatic hydroxyl groups excluding tert-OH is 1. The summed E-state index contributed by atoms with van der Waals surface area (Å²) in [4.78, 5) is 2.33. The molecule has 0 radical (unpaired) electrons. The van der Waals surface area contributed by atoms with Crippen LogP contribution in [0.2, 0.25) is 0 Å². The molecule has 1 rings (SSSR count). The summed E-state index contributed by atoms with van der Waals surface area (Å²) < 4.78 is 0. The molecule has 0 saturated carbocycles. The Balaban J connectivity index is 2.24. The second-order valence-electron chi connectivity index (χ2n) is 3.46. The molecule has 3 N–H and O–H groups in total. The first-order valence-corrected chi connectivity index (χ1v) is 4.30. The Morgan fingerprint density at radius 2 is 2.45 bits per heavy atom. The standard InChI is InChI=1S/C8H18N2O/c1-10-4-2-3-8(10)5-7(9)6-11/h7-8,11H,2-6,9H2,1H3/t7-,8?/m1/s1. The van der Waals surface area contributed by atoms with E-state index < -0.39 is 0 Å². The van der Waals surface area contributed by atoms with E-state index in [9.17, 15) is 0 Å². The lowest BCUT2D eigenvalue weighted by atomic mass is 10.1. The molecule has 0 aromatic heterocycles. The third-order valence-electron chi connectivity index (χ3n) is 2.48. The predicted octanol–water partition coefficient (Wildman–Crippen LogP) is -0.210. The molecule has 11 heavy (non-hydrogen) atoms. The van der Waals surface area contributed by atoms with Crippen molar-refractivity contribution in [3.05, 3.63) is 0 Å². The van der Waals surface area contributed by atoms with Crippen LogP contribution < -0.4 is 5.73 Å². The fourth-order valence-electron chi connectivity index (χ4n) is 1.70. The molecule has 66 valence electrons. The smallest absolute Gasteiger partial charge is 0.0583 e. The summed E-state index contributed by atoms with van der Waals surface area (Å²) in [6, 6.07) is 0.581. The molecular weight excluding hydrogens is 140 g/mol. The quantitative estimate of drug-likeness (QED) is 0.597. The summed E-state index contributed by atoms with van der Waals surface area (Å²) in [6.07, 6.45) is 3.45. The molecule has 2 atom stereocenters. The largest absolute Gasteiger partial charge is 0.395 e. The van der Waals surface area contributed by atoms with Crippen molar-refractivity contribution in [1.82, 2.24) is 4.90 Å². The Morgan fingerprint density at radius 1 is 1.73 bits per heavy atom. The molecule has 0 aromatic carbocycles. The second kappa shape index (κ2) is 4.04. The summed E-state index contributed by atoms with van der Waals surface area (Å²) in [5.74, 6) is 0. The SMILES string of the molecule is CN1CCCC1C[C@@H](N)CO. The van der Waals surface area contributed by atoms with Gasteiger partial charge in [0.15, 0.2) is 0 Å². The second-order valence-corrected chi connectivity index (χ2v) is 3.46. The van der Waals surface area contributed by atoms with E-state index in [0.29, 0.717) is 6.04 Å². The van der Waals surface area contributed by atoms with Gasteiger partial charge in [0, 0.05) is 12.1 Å². The fourth-order valence-corrected chi connectivity index (χ4v) is 1.70. The van der Waals surface area contributed by atoms with Gasteiger partial charge in [0.05, 0.1) is 6.61 Å². The van der Waals surface area contributed by atoms with Crippen molar-refractivity contribution in [2.45, 2.75) is 31.3 Å². The van der Waals surface area contributed by atoms with Crippen molar-refractivity contribution >= 4 is 0 Å². The van der Waals surface area contributed by atoms with E-state index >= 15 is 0 Å². The molecule has 0 spiro atoms. The molecule has 1 fully saturated rings. The molecule has 0 aromatic rings. The number of rotatable bonds is 3. The van der Waals surface area contributed by atoms with Crippen molar-refractivity contribution in [3.8, 4) is 0 Å². The van der Waals surface area contributed by atoms with Crippen molar-refractivity contribution in [2.24, 2.45) is 5.73 Å². The fraction of sp³-hybridized carbons (Fsp3) is 1.00. The van der Waals surface area contributed by atoms with Crippen molar-refractivity contribution < 1.29 is 5.11 Å². The van der Waals surface area contributed by atoms with E-state index in [1.807, 2.05) is 0 Å². The highest BCUT2D eigenvalue weighted by Crippen LogP contribution is 2.18. The van der Waals surface area contributed by atoms with Gasteiger partial charge in [0.2, 0.25) is 0 Å². The lowest BCUT2D eigenvalue weighted by Gasteiger charge is -2.21. The summed E-state index contributed by atoms with van der Waals surface area (Å²) >= 11 is 0. The highest BCUT2D eigenvalue weighted by Gasteiger charge is 2.22. The molecule has 0 amide bonds. The van der Waals surface area contributed by atoms with Crippen LogP contribution in [0.4, 0.5) is 0 Å². The molecule has 1 saturated heterocycles. The summed E-state index contributed by atoms with van der Waals surface area (Å²) in [6.45, 7) is 1.30. The van der Waals surface area contributed by atoms with E-state index in [1.165, 1.54) is 19.4 Å². The molecule has 3 nitrogen and oxygen atoms in total. The molecule has 0 bridgehead atoms. The Morgan fingerprint density at radius 3 is 2.91 bits per heavy atom. The van der Waals surface area contributed by atoms with Crippen LogP contribution in [0.25, 0.3) is 0 Å². The van der Waals surface area contributed by atoms with Gasteiger partial charge in [-0.05, 0) is 32.9 Å². The molecule has 1 unspecified atom stereocenters. The number of hydrogen-bond acceptors (Lipinski definition) is 3. The van der Waals surface area contributed by atoms with Crippen LogP contribution in [0.1, 0.15) is 19.3 Å². The average Bonchev–Trinajstić information content (AvgIpc) is 2.37. The third-order valence-corrected chi connectivity index (χ3v) is 2.48. The van der Waals surface area contributed by atoms with Crippen LogP contribution >= 0.6 is 0 Å². The molecule has 1 heterocycles. The first-order valence-electron chi connectivity index (χ1n) is 4.30. The average molecular weight is 158 g/mol. The lowest BCUT2D eigenvalue weighted by Crippen LogP contribution is -2.34. The van der Waals surface area contributed by atoms with Gasteiger partial charge in [-0.3, -0.25) is 0 Å². The lowest BCUT2D eigenvalue weighted by molar-refractivity contribution is 0.220. The molecular formula is C8H18N2O. The van der Waals surface area contributed by atoms with Crippen LogP contribution in [-0.4, -0.2) is 42.3 Å². The molecule has 1 aliphatic rings. The van der Waals surface area contributed by atoms with E-state index in [0.717, 1.165) is 6.42 Å². The molecule has 3 heteroatoms. The van der Waals surface area contributed by atoms with Gasteiger partial charge >= 0.3 is 0 Å². The maximum absolute atomic E-state index is 8.74. The first kappa shape index (κ1) is 8.97. The summed E-state index contributed by atoms with van der Waals surface area (Å²) in [5, 5.41) is 8.74. The topological polar surface area (TPSA) is 49.5 Å². The minimum absolute atomic E-state index is 0.0273. The number of nitrogens with zero attached hydrogens (tertiary/aromatic N) is 1. The Kier molecular flexibility index (Phi) is 3.30. The minimum atomic E-state index is -0.0273. The maximum Gasteiger partial charge on any atom is 0.0583 e. The van der Waals surface area contributed by atoms with Gasteiger partial charge in [-0.1, -0.05) is 0 Å². The van der Waals surface area contributed by atoms with Gasteiger partial charge < -0.3 is 15.7 Å². The zero-order chi connectivity index (χ0) is 8.27. The highest BCUT2D eigenvalue weighted by molar-refractivity contribution is 4.79. The van der Waals surface area contributed by atoms with Gasteiger partial charge in [0.1, 0.15) is 0 Å². The Bertz CT molecular complexity index is 119. The van der Waals surface area contributed by atoms with Crippen molar-refractivity contribution in [3.63, 3.8) is 0 Å². The number of likely N-dealkylation sites (tertiary alicyclic amines) is 1. The van der Waals surface area contributed by atoms with E-state index in [4.69, 9.17) is 10.8 Å². The predicted molar refractivity (Wildman–Crippen MR) is 45.3 cm³/mol. The van der Waals surface area contributed by atoms with Crippen LogP contribution in [0.3, 0.4) is 0 Å². The van der Waals surface area contributed by atoms with E-state index in [-0.39, 0.29) is 12.6 Å². The van der Waals surface area contributed by atoms with Crippen LogP contribution in [0.15, 0.2) is 0 Å². The van der Waals surface area contributed by atoms with Crippen LogP contribution in [0.5, 0.6) is 0 Å². The first-order chi connectivity index (χ1) is 5.24. The van der Waals surface area contributed by atoms with Crippen molar-refractivity contribution in [1.29, 1.82) is 0 Å². The molecule has 1 aliphatic heterocycles. The summed E-state index contributed by atoms with van der Waals surface area (Å²) in [7, 11) is 2.13. The monoisotopic (exact) mass is 158 g/mol. The number of nitrogens with two attached hydrogens (primary N) is 1. The van der Waals surface area contributed by atoms with Gasteiger partial charge in [-0.25, -0.2) is 0 Å². The zero-order valence-corrected chi connectivity index (χ0v) is 7.16. The normalized spacial score (nSPS) is 29.2. The van der Waals surface area contributed by atoms with Gasteiger partial charge in [-0.15, -0.1) is 0 Å². The van der Waals surface area contributed by atoms with E-state index in [1.54, 1.807) is 0 Å². The summed E-state index contributed by atoms with van der Waals surface area (Å²) in [5.41, 5.74) is 5.64. The highest BCUT2D eigenvalue weighted by atomic mass is 16.3. The number of aliphatic hydroxyl groups is 1. The van der Waals surface area contributed by atoms with Crippen LogP contribution in [0, 0.1) is 0 Å². The Labute approximate surface area is 68.2 Å². The molecule has 0 aliphatic carbocycles. The minimum Gasteiger partial charge on any atom is -0.395 e. The third kappa shape index (κ3) is 2.43. The number of hydrogen-bond donors (Lipinski definition) is 2. The zero-order valence-electron chi connectivity index (χ0n) is 7.16. The van der Waals surface area contributed by atoms with Crippen LogP contribution in [-0.2, 0) is 0 Å². The van der Waals surface area contributed by atoms with Gasteiger partial charge in [-0.2, -0.15) is 0 Å². The van der Waals surface area contributed by atoms with Gasteiger partial charge in [0.25, 0.3) is 0 Å².